The van der Waals surface area contributed by atoms with Gasteiger partial charge >= 0.3 is 0 Å². The number of nitrogens with one attached hydrogen (secondary N) is 1. The third kappa shape index (κ3) is 5.01. The van der Waals surface area contributed by atoms with Gasteiger partial charge in [0, 0.05) is 5.56 Å². The number of carbonyl (C=O) groups is 1. The Morgan fingerprint density at radius 1 is 1.21 bits per heavy atom. The number of hydrogen-bond acceptors (Lipinski definition) is 6. The van der Waals surface area contributed by atoms with Crippen LogP contribution in [0, 0.1) is 5.82 Å². The molecule has 142 valence electrons. The second-order valence-corrected chi connectivity index (χ2v) is 5.73. The summed E-state index contributed by atoms with van der Waals surface area (Å²) in [5.74, 6) is -0.432. The van der Waals surface area contributed by atoms with Crippen LogP contribution in [0.4, 0.5) is 4.39 Å². The molecule has 3 rings (SSSR count). The van der Waals surface area contributed by atoms with E-state index in [1.54, 1.807) is 55.6 Å². The van der Waals surface area contributed by atoms with Crippen molar-refractivity contribution in [3.8, 4) is 17.4 Å². The average Bonchev–Trinajstić information content (AvgIpc) is 2.71. The Bertz CT molecular complexity index is 1010. The molecule has 7 nitrogen and oxygen atoms in total. The van der Waals surface area contributed by atoms with Crippen LogP contribution in [0.2, 0.25) is 5.28 Å². The summed E-state index contributed by atoms with van der Waals surface area (Å²) in [5.41, 5.74) is 3.48. The first-order chi connectivity index (χ1) is 13.5. The first kappa shape index (κ1) is 19.2. The number of hydrogen-bond donors (Lipinski definition) is 1. The Morgan fingerprint density at radius 3 is 2.75 bits per heavy atom. The first-order valence-corrected chi connectivity index (χ1v) is 8.36. The topological polar surface area (TPSA) is 85.7 Å². The lowest BCUT2D eigenvalue weighted by Gasteiger charge is -2.06. The number of rotatable bonds is 6. The summed E-state index contributed by atoms with van der Waals surface area (Å²) in [7, 11) is 1.55. The average molecular weight is 401 g/mol. The Labute approximate surface area is 164 Å². The Hall–Kier alpha value is -3.52. The molecule has 0 aliphatic carbocycles. The molecule has 1 heterocycles. The number of benzene rings is 2. The van der Waals surface area contributed by atoms with E-state index in [4.69, 9.17) is 21.1 Å². The normalized spacial score (nSPS) is 10.7. The molecule has 9 heteroatoms. The van der Waals surface area contributed by atoms with Gasteiger partial charge in [-0.15, -0.1) is 0 Å². The summed E-state index contributed by atoms with van der Waals surface area (Å²) in [4.78, 5) is 19.3. The fourth-order valence-corrected chi connectivity index (χ4v) is 2.27. The van der Waals surface area contributed by atoms with Gasteiger partial charge in [0.1, 0.15) is 11.5 Å². The molecule has 0 saturated heterocycles. The number of amides is 1. The summed E-state index contributed by atoms with van der Waals surface area (Å²) in [6.07, 6.45) is 2.35. The lowest BCUT2D eigenvalue weighted by Crippen LogP contribution is -2.17. The monoisotopic (exact) mass is 400 g/mol. The van der Waals surface area contributed by atoms with E-state index >= 15 is 0 Å². The van der Waals surface area contributed by atoms with Gasteiger partial charge in [0.25, 0.3) is 11.8 Å². The first-order valence-electron chi connectivity index (χ1n) is 7.98. The van der Waals surface area contributed by atoms with Crippen LogP contribution >= 0.6 is 11.6 Å². The maximum Gasteiger partial charge on any atom is 0.271 e. The minimum atomic E-state index is -0.741. The number of ether oxygens (including phenoxy) is 2. The van der Waals surface area contributed by atoms with Crippen LogP contribution in [0.1, 0.15) is 15.9 Å². The van der Waals surface area contributed by atoms with Gasteiger partial charge in [0.2, 0.25) is 11.1 Å². The Morgan fingerprint density at radius 2 is 2.00 bits per heavy atom. The lowest BCUT2D eigenvalue weighted by atomic mass is 10.2. The van der Waals surface area contributed by atoms with Gasteiger partial charge in [0.05, 0.1) is 19.5 Å². The molecule has 0 atom stereocenters. The highest BCUT2D eigenvalue weighted by Gasteiger charge is 2.09. The summed E-state index contributed by atoms with van der Waals surface area (Å²) in [6, 6.07) is 13.2. The van der Waals surface area contributed by atoms with E-state index in [1.807, 2.05) is 0 Å². The molecule has 1 amide bonds. The summed E-state index contributed by atoms with van der Waals surface area (Å²) in [5, 5.41) is 3.78. The van der Waals surface area contributed by atoms with Crippen molar-refractivity contribution in [3.63, 3.8) is 0 Å². The molecule has 0 unspecified atom stereocenters. The van der Waals surface area contributed by atoms with Gasteiger partial charge in [-0.1, -0.05) is 12.1 Å². The van der Waals surface area contributed by atoms with Crippen LogP contribution < -0.4 is 14.9 Å². The molecule has 0 spiro atoms. The zero-order chi connectivity index (χ0) is 19.9. The molecule has 0 saturated carbocycles. The third-order valence-electron chi connectivity index (χ3n) is 3.49. The highest BCUT2D eigenvalue weighted by Crippen LogP contribution is 2.23. The van der Waals surface area contributed by atoms with E-state index in [0.29, 0.717) is 22.6 Å². The molecular weight excluding hydrogens is 387 g/mol. The van der Waals surface area contributed by atoms with E-state index < -0.39 is 5.82 Å². The largest absolute Gasteiger partial charge is 0.497 e. The van der Waals surface area contributed by atoms with Gasteiger partial charge in [-0.25, -0.2) is 10.4 Å². The second kappa shape index (κ2) is 8.92. The zero-order valence-electron chi connectivity index (χ0n) is 14.6. The number of aromatic nitrogens is 2. The zero-order valence-corrected chi connectivity index (χ0v) is 15.4. The second-order valence-electron chi connectivity index (χ2n) is 5.39. The van der Waals surface area contributed by atoms with Gasteiger partial charge in [-0.05, 0) is 53.6 Å². The minimum Gasteiger partial charge on any atom is -0.497 e. The smallest absolute Gasteiger partial charge is 0.271 e. The van der Waals surface area contributed by atoms with Crippen molar-refractivity contribution in [1.29, 1.82) is 0 Å². The van der Waals surface area contributed by atoms with Gasteiger partial charge < -0.3 is 9.47 Å². The summed E-state index contributed by atoms with van der Waals surface area (Å²) in [6.45, 7) is 0. The van der Waals surface area contributed by atoms with E-state index in [9.17, 15) is 9.18 Å². The van der Waals surface area contributed by atoms with Crippen molar-refractivity contribution < 1.29 is 18.7 Å². The Balaban J connectivity index is 1.65. The maximum atomic E-state index is 13.7. The molecule has 0 radical (unpaired) electrons. The van der Waals surface area contributed by atoms with Gasteiger partial charge in [-0.2, -0.15) is 14.5 Å². The quantitative estimate of drug-likeness (QED) is 0.386. The molecule has 2 aromatic carbocycles. The lowest BCUT2D eigenvalue weighted by molar-refractivity contribution is 0.0955. The molecule has 0 aliphatic rings. The molecule has 1 aromatic heterocycles. The van der Waals surface area contributed by atoms with E-state index in [1.165, 1.54) is 6.21 Å². The number of nitrogens with zero attached hydrogens (tertiary/aromatic N) is 3. The molecule has 3 aromatic rings. The molecular formula is C19H14ClFN4O3. The number of methoxy groups -OCH3 is 1. The van der Waals surface area contributed by atoms with Crippen molar-refractivity contribution in [1.82, 2.24) is 15.4 Å². The highest BCUT2D eigenvalue weighted by molar-refractivity contribution is 6.28. The van der Waals surface area contributed by atoms with Gasteiger partial charge in [0.15, 0.2) is 0 Å². The molecule has 0 aliphatic heterocycles. The van der Waals surface area contributed by atoms with Crippen molar-refractivity contribution in [3.05, 3.63) is 77.0 Å². The van der Waals surface area contributed by atoms with Crippen LogP contribution in [-0.2, 0) is 0 Å². The summed E-state index contributed by atoms with van der Waals surface area (Å²) >= 11 is 5.64. The van der Waals surface area contributed by atoms with Crippen LogP contribution in [0.3, 0.4) is 0 Å². The highest BCUT2D eigenvalue weighted by atomic mass is 35.5. The van der Waals surface area contributed by atoms with Gasteiger partial charge in [-0.3, -0.25) is 4.79 Å². The fraction of sp³-hybridized carbons (Fsp3) is 0.0526. The van der Waals surface area contributed by atoms with E-state index in [2.05, 4.69) is 20.5 Å². The summed E-state index contributed by atoms with van der Waals surface area (Å²) < 4.78 is 24.1. The van der Waals surface area contributed by atoms with Crippen molar-refractivity contribution in [2.24, 2.45) is 5.10 Å². The van der Waals surface area contributed by atoms with Crippen LogP contribution in [-0.4, -0.2) is 29.2 Å². The standard InChI is InChI=1S/C19H14ClFN4O3/c1-27-14-7-5-13(6-8-14)17(26)25-23-10-12-3-2-4-15(9-12)28-18-16(21)11-22-19(20)24-18/h2-11H,1H3,(H,25,26)/b23-10-. The van der Waals surface area contributed by atoms with Crippen LogP contribution in [0.25, 0.3) is 0 Å². The van der Waals surface area contributed by atoms with E-state index in [0.717, 1.165) is 6.20 Å². The number of carbonyl (C=O) groups excluding carboxylic acids is 1. The van der Waals surface area contributed by atoms with Crippen LogP contribution in [0.15, 0.2) is 59.8 Å². The maximum absolute atomic E-state index is 13.7. The fourth-order valence-electron chi connectivity index (χ4n) is 2.15. The van der Waals surface area contributed by atoms with E-state index in [-0.39, 0.29) is 17.1 Å². The van der Waals surface area contributed by atoms with Crippen molar-refractivity contribution >= 4 is 23.7 Å². The third-order valence-corrected chi connectivity index (χ3v) is 3.67. The predicted octanol–water partition coefficient (Wildman–Crippen LogP) is 3.83. The predicted molar refractivity (Wildman–Crippen MR) is 102 cm³/mol. The number of halogens is 2. The van der Waals surface area contributed by atoms with Crippen LogP contribution in [0.5, 0.6) is 17.4 Å². The van der Waals surface area contributed by atoms with Crippen molar-refractivity contribution in [2.75, 3.05) is 7.11 Å². The molecule has 0 bridgehead atoms. The molecule has 1 N–H and O–H groups in total. The SMILES string of the molecule is COc1ccc(C(=O)N/N=C\c2cccc(Oc3nc(Cl)ncc3F)c2)cc1. The van der Waals surface area contributed by atoms with Crippen molar-refractivity contribution in [2.45, 2.75) is 0 Å². The number of hydrazone groups is 1. The molecule has 0 fully saturated rings. The molecule has 28 heavy (non-hydrogen) atoms. The minimum absolute atomic E-state index is 0.129. The Kier molecular flexibility index (Phi) is 6.13.